The molecule has 604 valence electrons. The van der Waals surface area contributed by atoms with E-state index in [1.54, 1.807) is 84.3 Å². The van der Waals surface area contributed by atoms with Crippen LogP contribution in [0.25, 0.3) is 92.2 Å². The van der Waals surface area contributed by atoms with Crippen LogP contribution in [0.4, 0.5) is 71.0 Å². The zero-order valence-corrected chi connectivity index (χ0v) is 63.9. The van der Waals surface area contributed by atoms with Gasteiger partial charge in [0.05, 0.1) is 73.6 Å². The lowest BCUT2D eigenvalue weighted by Crippen LogP contribution is -2.37. The number of nitrogens with zero attached hydrogens (tertiary/aromatic N) is 5. The average molecular weight is 1650 g/mol. The zero-order valence-electron chi connectivity index (χ0n) is 62.3. The second-order valence-electron chi connectivity index (χ2n) is 27.1. The number of carbonyl (C=O) groups is 4. The van der Waals surface area contributed by atoms with Crippen molar-refractivity contribution in [3.05, 3.63) is 281 Å². The van der Waals surface area contributed by atoms with Gasteiger partial charge in [0.25, 0.3) is 5.91 Å². The molecule has 6 aromatic heterocycles. The molecule has 20 nitrogen and oxygen atoms in total. The summed E-state index contributed by atoms with van der Waals surface area (Å²) in [7, 11) is 3.30. The van der Waals surface area contributed by atoms with Gasteiger partial charge in [0, 0.05) is 68.6 Å². The summed E-state index contributed by atoms with van der Waals surface area (Å²) in [6.07, 6.45) is 15.3. The van der Waals surface area contributed by atoms with Crippen LogP contribution in [-0.4, -0.2) is 109 Å². The van der Waals surface area contributed by atoms with E-state index in [0.717, 1.165) is 79.3 Å². The van der Waals surface area contributed by atoms with E-state index in [1.165, 1.54) is 109 Å². The first kappa shape index (κ1) is 82.9. The van der Waals surface area contributed by atoms with E-state index in [-0.39, 0.29) is 52.3 Å². The van der Waals surface area contributed by atoms with Gasteiger partial charge < -0.3 is 37.1 Å². The summed E-state index contributed by atoms with van der Waals surface area (Å²) < 4.78 is 155. The minimum absolute atomic E-state index is 0.0314. The highest BCUT2D eigenvalue weighted by Gasteiger charge is 2.30. The van der Waals surface area contributed by atoms with Gasteiger partial charge in [0.15, 0.2) is 41.0 Å². The molecule has 0 radical (unpaired) electrons. The Bertz CT molecular complexity index is 6120. The van der Waals surface area contributed by atoms with Gasteiger partial charge >= 0.3 is 0 Å². The number of piperidine rings is 1. The number of rotatable bonds is 19. The lowest BCUT2D eigenvalue weighted by Gasteiger charge is -2.21. The average Bonchev–Trinajstić information content (AvgIpc) is 1.65. The molecule has 2 aliphatic heterocycles. The van der Waals surface area contributed by atoms with E-state index in [1.807, 2.05) is 23.4 Å². The number of H-pyrrole nitrogens is 4. The Morgan fingerprint density at radius 2 is 0.814 bits per heavy atom. The van der Waals surface area contributed by atoms with Crippen molar-refractivity contribution in [1.82, 2.24) is 51.0 Å². The third kappa shape index (κ3) is 20.2. The van der Waals surface area contributed by atoms with Crippen LogP contribution in [-0.2, 0) is 23.9 Å². The topological polar surface area (TPSA) is 282 Å². The fraction of sp³-hybridized carbons (Fsp3) is 0.153. The quantitative estimate of drug-likeness (QED) is 0.0338. The van der Waals surface area contributed by atoms with Gasteiger partial charge in [0.2, 0.25) is 17.7 Å². The highest BCUT2D eigenvalue weighted by Crippen LogP contribution is 2.34. The molecule has 2 aliphatic rings. The smallest absolute Gasteiger partial charge is 0.259 e. The molecule has 33 heteroatoms. The first-order valence-electron chi connectivity index (χ1n) is 36.4. The number of hydrogen-bond acceptors (Lipinski definition) is 14. The number of methoxy groups -OCH3 is 1. The zero-order chi connectivity index (χ0) is 83.3. The van der Waals surface area contributed by atoms with E-state index < -0.39 is 82.1 Å². The molecule has 11 N–H and O–H groups in total. The van der Waals surface area contributed by atoms with Crippen LogP contribution in [0.5, 0.6) is 0 Å². The number of amides is 4. The molecule has 0 spiro atoms. The molecule has 0 bridgehead atoms. The fourth-order valence-electron chi connectivity index (χ4n) is 12.8. The lowest BCUT2D eigenvalue weighted by molar-refractivity contribution is -0.126. The Hall–Kier alpha value is -13.1. The number of thiophene rings is 2. The minimum Gasteiger partial charge on any atom is -0.366 e. The highest BCUT2D eigenvalue weighted by atomic mass is 32.1. The van der Waals surface area contributed by atoms with Crippen molar-refractivity contribution < 1.29 is 72.2 Å². The van der Waals surface area contributed by atoms with Gasteiger partial charge in [-0.05, 0) is 195 Å². The van der Waals surface area contributed by atoms with Crippen LogP contribution < -0.4 is 32.3 Å². The summed E-state index contributed by atoms with van der Waals surface area (Å²) in [5, 5.41) is 47.2. The number of hydrogen-bond donors (Lipinski definition) is 10. The van der Waals surface area contributed by atoms with Crippen molar-refractivity contribution in [2.24, 2.45) is 11.7 Å². The Kier molecular flexibility index (Phi) is 26.5. The van der Waals surface area contributed by atoms with Crippen LogP contribution in [0, 0.1) is 69.9 Å². The first-order chi connectivity index (χ1) is 56.9. The molecule has 2 saturated heterocycles. The second-order valence-corrected chi connectivity index (χ2v) is 29.1. The standard InChI is InChI=1S/C22H17F2N3O2S.C21H15F3N4OS.2C21H19F3N4O/c1-29-21(20-3-2-10-30-20)22(28)25-19-11-15-17(26-27-18(15)12-16(19)24)9-6-13-4-7-14(23)8-5-13;22-13-5-3-11(8-14(13)23)4-6-16-12-9-18(15(24)10-17(12)28-27-16)26-21(29)20(25)19-2-1-7-30-19;1-28-8-2-3-20(28)21(29)25-19-10-13-17(26-27-18(13)11-16(19)24)7-5-12-4-6-14(22)15(23)9-12;22-15-3-1-12(9-16(15)23)2-4-18-14-10-20(17(24)11-19(14)28-27-18)26-21(29)13-5-7-25-8-6-13/h2-12,21H,1H3,(H,25,28)(H,26,27);1-10,20H,25H2,(H,26,29)(H,27,28);4-7,9-11,20H,2-3,8H2,1H3,(H,25,29)(H,26,27);1-4,9-11,13,25H,5-8H2,(H,26,29)(H,27,28)/b9-6+;6-4+;7-5+;4-2+/t;2*20-;/m.10./s1. The van der Waals surface area contributed by atoms with Gasteiger partial charge in [-0.25, -0.2) is 48.3 Å². The molecule has 0 aliphatic carbocycles. The predicted molar refractivity (Wildman–Crippen MR) is 436 cm³/mol. The number of nitrogens with two attached hydrogens (primary N) is 1. The van der Waals surface area contributed by atoms with E-state index in [4.69, 9.17) is 10.5 Å². The molecule has 0 saturated carbocycles. The van der Waals surface area contributed by atoms with Gasteiger partial charge in [0.1, 0.15) is 35.1 Å². The summed E-state index contributed by atoms with van der Waals surface area (Å²) in [5.74, 6) is -9.89. The van der Waals surface area contributed by atoms with E-state index in [2.05, 4.69) is 67.4 Å². The Morgan fingerprint density at radius 1 is 0.441 bits per heavy atom. The maximum atomic E-state index is 14.5. The van der Waals surface area contributed by atoms with Crippen molar-refractivity contribution >= 4 is 161 Å². The number of aromatic nitrogens is 8. The van der Waals surface area contributed by atoms with Crippen molar-refractivity contribution in [1.29, 1.82) is 0 Å². The van der Waals surface area contributed by atoms with Crippen LogP contribution in [0.1, 0.15) is 92.6 Å². The van der Waals surface area contributed by atoms with Gasteiger partial charge in [-0.2, -0.15) is 20.4 Å². The monoisotopic (exact) mass is 1650 g/mol. The van der Waals surface area contributed by atoms with E-state index in [9.17, 15) is 67.5 Å². The van der Waals surface area contributed by atoms with Crippen LogP contribution in [0.15, 0.2) is 162 Å². The number of likely N-dealkylation sites (N-methyl/N-ethyl adjacent to an activating group) is 1. The van der Waals surface area contributed by atoms with E-state index >= 15 is 0 Å². The molecule has 8 aromatic carbocycles. The molecule has 14 aromatic rings. The molecular weight excluding hydrogens is 1580 g/mol. The van der Waals surface area contributed by atoms with Crippen LogP contribution in [0.2, 0.25) is 0 Å². The lowest BCUT2D eigenvalue weighted by atomic mass is 9.97. The SMILES string of the molecule is CN1CCC[C@H]1C(=O)Nc1cc2c(/C=C/c3ccc(F)c(F)c3)n[nH]c2cc1F.COC(C(=O)Nc1cc2c(/C=C/c3ccc(F)cc3)n[nH]c2cc1F)c1cccs1.N[C@@H](C(=O)Nc1cc2c(/C=C/c3ccc(F)c(F)c3)n[nH]c2cc1F)c1cccs1.O=C(Nc1cc2c(/C=C/c3ccc(F)c(F)c3)n[nH]c2cc1F)C1CCNCC1. The Labute approximate surface area is 672 Å². The number of fused-ring (bicyclic) bond motifs is 4. The normalized spacial score (nSPS) is 14.4. The first-order valence-corrected chi connectivity index (χ1v) is 38.2. The van der Waals surface area contributed by atoms with Crippen molar-refractivity contribution in [2.75, 3.05) is 55.1 Å². The Balaban J connectivity index is 0.000000136. The van der Waals surface area contributed by atoms with Gasteiger partial charge in [-0.15, -0.1) is 22.7 Å². The van der Waals surface area contributed by atoms with E-state index in [0.29, 0.717) is 101 Å². The molecule has 4 amide bonds. The van der Waals surface area contributed by atoms with Crippen LogP contribution in [0.3, 0.4) is 0 Å². The third-order valence-corrected chi connectivity index (χ3v) is 21.0. The Morgan fingerprint density at radius 3 is 1.19 bits per heavy atom. The largest absolute Gasteiger partial charge is 0.366 e. The fourth-order valence-corrected chi connectivity index (χ4v) is 14.3. The number of halogens is 11. The highest BCUT2D eigenvalue weighted by molar-refractivity contribution is 7.10. The summed E-state index contributed by atoms with van der Waals surface area (Å²) in [6.45, 7) is 2.36. The number of aromatic amines is 4. The van der Waals surface area contributed by atoms with Crippen LogP contribution >= 0.6 is 22.7 Å². The van der Waals surface area contributed by atoms with Crippen molar-refractivity contribution in [3.63, 3.8) is 0 Å². The minimum atomic E-state index is -0.960. The molecular formula is C85H70F11N15O5S2. The predicted octanol–water partition coefficient (Wildman–Crippen LogP) is 18.5. The molecule has 16 rings (SSSR count). The van der Waals surface area contributed by atoms with Gasteiger partial charge in [-0.1, -0.05) is 66.8 Å². The maximum absolute atomic E-state index is 14.5. The third-order valence-electron chi connectivity index (χ3n) is 19.1. The summed E-state index contributed by atoms with van der Waals surface area (Å²) in [6, 6.07) is 33.6. The number of benzene rings is 8. The van der Waals surface area contributed by atoms with Crippen molar-refractivity contribution in [2.45, 2.75) is 43.9 Å². The number of anilines is 4. The number of nitrogens with one attached hydrogen (secondary N) is 9. The number of likely N-dealkylation sites (tertiary alicyclic amines) is 1. The van der Waals surface area contributed by atoms with Gasteiger partial charge in [-0.3, -0.25) is 44.5 Å². The molecule has 3 atom stereocenters. The molecule has 8 heterocycles. The number of ether oxygens (including phenoxy) is 1. The second kappa shape index (κ2) is 37.7. The molecule has 1 unspecified atom stereocenters. The maximum Gasteiger partial charge on any atom is 0.259 e. The molecule has 2 fully saturated rings. The summed E-state index contributed by atoms with van der Waals surface area (Å²) in [4.78, 5) is 53.3. The van der Waals surface area contributed by atoms with Crippen molar-refractivity contribution in [3.8, 4) is 0 Å². The summed E-state index contributed by atoms with van der Waals surface area (Å²) in [5.41, 5.74) is 12.0. The summed E-state index contributed by atoms with van der Waals surface area (Å²) >= 11 is 2.72. The number of carbonyl (C=O) groups excluding carboxylic acids is 4. The molecule has 118 heavy (non-hydrogen) atoms.